The van der Waals surface area contributed by atoms with Crippen LogP contribution >= 0.6 is 23.2 Å². The standard InChI is InChI=1S/C14H13Cl2NO/c1-9-5-6-10(15)7-14(9)18-8-11-12(16)3-2-4-13(11)17/h2-7H,8,17H2,1H3. The summed E-state index contributed by atoms with van der Waals surface area (Å²) in [6.07, 6.45) is 0. The Kier molecular flexibility index (Phi) is 4.00. The lowest BCUT2D eigenvalue weighted by atomic mass is 10.2. The van der Waals surface area contributed by atoms with E-state index in [1.807, 2.05) is 25.1 Å². The number of aryl methyl sites for hydroxylation is 1. The SMILES string of the molecule is Cc1ccc(Cl)cc1OCc1c(N)cccc1Cl. The number of hydrogen-bond acceptors (Lipinski definition) is 2. The normalized spacial score (nSPS) is 10.4. The van der Waals surface area contributed by atoms with Crippen molar-refractivity contribution in [1.29, 1.82) is 0 Å². The van der Waals surface area contributed by atoms with E-state index in [0.717, 1.165) is 16.9 Å². The molecule has 0 bridgehead atoms. The average Bonchev–Trinajstić information content (AvgIpc) is 2.33. The van der Waals surface area contributed by atoms with Crippen molar-refractivity contribution in [3.63, 3.8) is 0 Å². The topological polar surface area (TPSA) is 35.2 Å². The van der Waals surface area contributed by atoms with E-state index in [9.17, 15) is 0 Å². The van der Waals surface area contributed by atoms with Gasteiger partial charge >= 0.3 is 0 Å². The fourth-order valence-electron chi connectivity index (χ4n) is 1.61. The van der Waals surface area contributed by atoms with Crippen LogP contribution in [0.15, 0.2) is 36.4 Å². The molecule has 2 aromatic rings. The van der Waals surface area contributed by atoms with Crippen LogP contribution in [0.4, 0.5) is 5.69 Å². The summed E-state index contributed by atoms with van der Waals surface area (Å²) in [5, 5.41) is 1.25. The second-order valence-electron chi connectivity index (χ2n) is 4.01. The number of nitrogens with two attached hydrogens (primary N) is 1. The second-order valence-corrected chi connectivity index (χ2v) is 4.85. The van der Waals surface area contributed by atoms with Crippen LogP contribution in [0.5, 0.6) is 5.75 Å². The zero-order valence-corrected chi connectivity index (χ0v) is 11.4. The first kappa shape index (κ1) is 13.1. The van der Waals surface area contributed by atoms with Crippen LogP contribution < -0.4 is 10.5 Å². The Bertz CT molecular complexity index is 549. The number of ether oxygens (including phenoxy) is 1. The first-order valence-corrected chi connectivity index (χ1v) is 6.25. The minimum absolute atomic E-state index is 0.326. The van der Waals surface area contributed by atoms with E-state index in [-0.39, 0.29) is 0 Å². The maximum Gasteiger partial charge on any atom is 0.124 e. The second kappa shape index (κ2) is 5.51. The molecule has 0 saturated carbocycles. The van der Waals surface area contributed by atoms with Crippen molar-refractivity contribution in [3.05, 3.63) is 57.6 Å². The fraction of sp³-hybridized carbons (Fsp3) is 0.143. The molecule has 0 spiro atoms. The van der Waals surface area contributed by atoms with Crippen LogP contribution in [0, 0.1) is 6.92 Å². The van der Waals surface area contributed by atoms with Gasteiger partial charge in [0.15, 0.2) is 0 Å². The number of hydrogen-bond donors (Lipinski definition) is 1. The van der Waals surface area contributed by atoms with Gasteiger partial charge in [-0.2, -0.15) is 0 Å². The first-order chi connectivity index (χ1) is 8.58. The monoisotopic (exact) mass is 281 g/mol. The largest absolute Gasteiger partial charge is 0.488 e. The molecule has 94 valence electrons. The zero-order chi connectivity index (χ0) is 13.1. The van der Waals surface area contributed by atoms with Gasteiger partial charge in [0.1, 0.15) is 12.4 Å². The van der Waals surface area contributed by atoms with Crippen molar-refractivity contribution in [2.75, 3.05) is 5.73 Å². The first-order valence-electron chi connectivity index (χ1n) is 5.50. The molecule has 2 rings (SSSR count). The number of halogens is 2. The predicted octanol–water partition coefficient (Wildman–Crippen LogP) is 4.46. The van der Waals surface area contributed by atoms with Crippen molar-refractivity contribution in [3.8, 4) is 5.75 Å². The van der Waals surface area contributed by atoms with E-state index >= 15 is 0 Å². The number of rotatable bonds is 3. The van der Waals surface area contributed by atoms with Crippen LogP contribution in [-0.2, 0) is 6.61 Å². The minimum atomic E-state index is 0.326. The number of benzene rings is 2. The van der Waals surface area contributed by atoms with Crippen LogP contribution in [0.3, 0.4) is 0 Å². The molecule has 0 aliphatic rings. The highest BCUT2D eigenvalue weighted by Crippen LogP contribution is 2.27. The lowest BCUT2D eigenvalue weighted by molar-refractivity contribution is 0.305. The third-order valence-electron chi connectivity index (χ3n) is 2.68. The van der Waals surface area contributed by atoms with Crippen molar-refractivity contribution in [1.82, 2.24) is 0 Å². The Labute approximate surface area is 116 Å². The van der Waals surface area contributed by atoms with Gasteiger partial charge in [0.25, 0.3) is 0 Å². The lowest BCUT2D eigenvalue weighted by Crippen LogP contribution is -2.01. The van der Waals surface area contributed by atoms with Crippen molar-refractivity contribution in [2.45, 2.75) is 13.5 Å². The van der Waals surface area contributed by atoms with Gasteiger partial charge in [-0.25, -0.2) is 0 Å². The van der Waals surface area contributed by atoms with E-state index in [1.165, 1.54) is 0 Å². The fourth-order valence-corrected chi connectivity index (χ4v) is 2.01. The third kappa shape index (κ3) is 2.89. The van der Waals surface area contributed by atoms with E-state index in [1.54, 1.807) is 18.2 Å². The van der Waals surface area contributed by atoms with Gasteiger partial charge < -0.3 is 10.5 Å². The highest BCUT2D eigenvalue weighted by Gasteiger charge is 2.07. The Balaban J connectivity index is 2.19. The van der Waals surface area contributed by atoms with Gasteiger partial charge in [0.2, 0.25) is 0 Å². The summed E-state index contributed by atoms with van der Waals surface area (Å²) in [4.78, 5) is 0. The van der Waals surface area contributed by atoms with Gasteiger partial charge in [-0.05, 0) is 36.8 Å². The highest BCUT2D eigenvalue weighted by molar-refractivity contribution is 6.31. The molecule has 2 aromatic carbocycles. The molecule has 2 N–H and O–H groups in total. The molecular weight excluding hydrogens is 269 g/mol. The van der Waals surface area contributed by atoms with Crippen molar-refractivity contribution in [2.24, 2.45) is 0 Å². The summed E-state index contributed by atoms with van der Waals surface area (Å²) < 4.78 is 5.72. The van der Waals surface area contributed by atoms with Gasteiger partial charge in [-0.1, -0.05) is 35.3 Å². The van der Waals surface area contributed by atoms with Crippen LogP contribution in [0.1, 0.15) is 11.1 Å². The Morgan fingerprint density at radius 1 is 1.17 bits per heavy atom. The lowest BCUT2D eigenvalue weighted by Gasteiger charge is -2.12. The molecule has 4 heteroatoms. The third-order valence-corrected chi connectivity index (χ3v) is 3.27. The van der Waals surface area contributed by atoms with E-state index in [4.69, 9.17) is 33.7 Å². The summed E-state index contributed by atoms with van der Waals surface area (Å²) >= 11 is 12.0. The molecule has 18 heavy (non-hydrogen) atoms. The quantitative estimate of drug-likeness (QED) is 0.843. The Morgan fingerprint density at radius 2 is 1.94 bits per heavy atom. The molecule has 0 aliphatic heterocycles. The van der Waals surface area contributed by atoms with E-state index in [2.05, 4.69) is 0 Å². The molecule has 0 saturated heterocycles. The molecule has 0 heterocycles. The van der Waals surface area contributed by atoms with Gasteiger partial charge in [-0.15, -0.1) is 0 Å². The van der Waals surface area contributed by atoms with Gasteiger partial charge in [-0.3, -0.25) is 0 Å². The average molecular weight is 282 g/mol. The Morgan fingerprint density at radius 3 is 2.67 bits per heavy atom. The summed E-state index contributed by atoms with van der Waals surface area (Å²) in [5.74, 6) is 0.738. The smallest absolute Gasteiger partial charge is 0.124 e. The van der Waals surface area contributed by atoms with Crippen LogP contribution in [0.2, 0.25) is 10.0 Å². The maximum absolute atomic E-state index is 6.08. The molecular formula is C14H13Cl2NO. The highest BCUT2D eigenvalue weighted by atomic mass is 35.5. The van der Waals surface area contributed by atoms with E-state index in [0.29, 0.717) is 22.3 Å². The van der Waals surface area contributed by atoms with Gasteiger partial charge in [0, 0.05) is 21.3 Å². The summed E-state index contributed by atoms with van der Waals surface area (Å²) in [6.45, 7) is 2.29. The summed E-state index contributed by atoms with van der Waals surface area (Å²) in [6, 6.07) is 10.9. The zero-order valence-electron chi connectivity index (χ0n) is 9.91. The number of anilines is 1. The maximum atomic E-state index is 6.08. The molecule has 0 radical (unpaired) electrons. The van der Waals surface area contributed by atoms with Crippen LogP contribution in [0.25, 0.3) is 0 Å². The molecule has 0 atom stereocenters. The summed E-state index contributed by atoms with van der Waals surface area (Å²) in [5.41, 5.74) is 8.30. The predicted molar refractivity (Wildman–Crippen MR) is 76.4 cm³/mol. The summed E-state index contributed by atoms with van der Waals surface area (Å²) in [7, 11) is 0. The van der Waals surface area contributed by atoms with Crippen molar-refractivity contribution < 1.29 is 4.74 Å². The van der Waals surface area contributed by atoms with Crippen molar-refractivity contribution >= 4 is 28.9 Å². The molecule has 0 fully saturated rings. The van der Waals surface area contributed by atoms with Gasteiger partial charge in [0.05, 0.1) is 0 Å². The Hall–Kier alpha value is -1.38. The molecule has 0 aromatic heterocycles. The van der Waals surface area contributed by atoms with Crippen LogP contribution in [-0.4, -0.2) is 0 Å². The van der Waals surface area contributed by atoms with E-state index < -0.39 is 0 Å². The molecule has 0 amide bonds. The minimum Gasteiger partial charge on any atom is -0.488 e. The molecule has 0 aliphatic carbocycles. The number of nitrogen functional groups attached to an aromatic ring is 1. The molecule has 0 unspecified atom stereocenters. The molecule has 2 nitrogen and oxygen atoms in total.